The van der Waals surface area contributed by atoms with E-state index in [1.54, 1.807) is 0 Å². The third-order valence-electron chi connectivity index (χ3n) is 2.72. The van der Waals surface area contributed by atoms with Crippen LogP contribution in [0.3, 0.4) is 0 Å². The molecule has 0 bridgehead atoms. The summed E-state index contributed by atoms with van der Waals surface area (Å²) in [5, 5.41) is 3.38. The first-order valence-electron chi connectivity index (χ1n) is 6.30. The number of carbonyl (C=O) groups excluding carboxylic acids is 1. The Morgan fingerprint density at radius 2 is 1.88 bits per heavy atom. The van der Waals surface area contributed by atoms with Crippen LogP contribution in [0.2, 0.25) is 0 Å². The third-order valence-corrected chi connectivity index (χ3v) is 2.72. The topological polar surface area (TPSA) is 38.3 Å². The van der Waals surface area contributed by atoms with Gasteiger partial charge in [-0.25, -0.2) is 0 Å². The van der Waals surface area contributed by atoms with E-state index in [9.17, 15) is 4.79 Å². The summed E-state index contributed by atoms with van der Waals surface area (Å²) in [5.41, 5.74) is -0.556. The van der Waals surface area contributed by atoms with Crippen molar-refractivity contribution in [1.29, 1.82) is 0 Å². The number of rotatable bonds is 7. The van der Waals surface area contributed by atoms with Crippen LogP contribution in [0, 0.1) is 5.92 Å². The number of hydrogen-bond donors (Lipinski definition) is 1. The second kappa shape index (κ2) is 6.89. The van der Waals surface area contributed by atoms with Gasteiger partial charge >= 0.3 is 5.97 Å². The summed E-state index contributed by atoms with van der Waals surface area (Å²) in [6.07, 6.45) is 1.81. The van der Waals surface area contributed by atoms with Crippen LogP contribution >= 0.6 is 0 Å². The molecule has 0 saturated carbocycles. The van der Waals surface area contributed by atoms with Gasteiger partial charge in [0, 0.05) is 6.04 Å². The predicted octanol–water partition coefficient (Wildman–Crippen LogP) is 2.74. The second-order valence-corrected chi connectivity index (χ2v) is 5.10. The first-order valence-corrected chi connectivity index (χ1v) is 6.30. The molecular formula is C13H27NO2. The summed E-state index contributed by atoms with van der Waals surface area (Å²) < 4.78 is 5.15. The summed E-state index contributed by atoms with van der Waals surface area (Å²) in [7, 11) is 0. The summed E-state index contributed by atoms with van der Waals surface area (Å²) >= 11 is 0. The number of hydrogen-bond acceptors (Lipinski definition) is 3. The second-order valence-electron chi connectivity index (χ2n) is 5.10. The van der Waals surface area contributed by atoms with Crippen LogP contribution in [0.1, 0.15) is 54.4 Å². The van der Waals surface area contributed by atoms with E-state index in [2.05, 4.69) is 33.0 Å². The molecule has 0 aliphatic heterocycles. The van der Waals surface area contributed by atoms with Crippen molar-refractivity contribution in [1.82, 2.24) is 5.32 Å². The van der Waals surface area contributed by atoms with Crippen LogP contribution in [0.15, 0.2) is 0 Å². The lowest BCUT2D eigenvalue weighted by Gasteiger charge is -2.32. The quantitative estimate of drug-likeness (QED) is 0.682. The monoisotopic (exact) mass is 229 g/mol. The van der Waals surface area contributed by atoms with Crippen LogP contribution in [0.4, 0.5) is 0 Å². The van der Waals surface area contributed by atoms with Crippen LogP contribution in [0.5, 0.6) is 0 Å². The van der Waals surface area contributed by atoms with E-state index in [0.29, 0.717) is 18.6 Å². The average molecular weight is 229 g/mol. The van der Waals surface area contributed by atoms with Gasteiger partial charge in [-0.3, -0.25) is 10.1 Å². The van der Waals surface area contributed by atoms with Gasteiger partial charge in [0.15, 0.2) is 0 Å². The molecule has 0 fully saturated rings. The fourth-order valence-electron chi connectivity index (χ4n) is 1.95. The zero-order valence-electron chi connectivity index (χ0n) is 11.6. The molecule has 0 amide bonds. The zero-order valence-corrected chi connectivity index (χ0v) is 11.6. The first kappa shape index (κ1) is 15.4. The van der Waals surface area contributed by atoms with E-state index in [-0.39, 0.29) is 5.97 Å². The summed E-state index contributed by atoms with van der Waals surface area (Å²) in [6.45, 7) is 12.7. The predicted molar refractivity (Wildman–Crippen MR) is 67.4 cm³/mol. The highest BCUT2D eigenvalue weighted by molar-refractivity contribution is 5.80. The van der Waals surface area contributed by atoms with Gasteiger partial charge in [0.2, 0.25) is 0 Å². The minimum Gasteiger partial charge on any atom is -0.465 e. The van der Waals surface area contributed by atoms with E-state index in [0.717, 1.165) is 12.8 Å². The fraction of sp³-hybridized carbons (Fsp3) is 0.923. The lowest BCUT2D eigenvalue weighted by atomic mass is 9.89. The Morgan fingerprint density at radius 3 is 2.25 bits per heavy atom. The molecule has 96 valence electrons. The van der Waals surface area contributed by atoms with Gasteiger partial charge in [-0.05, 0) is 39.5 Å². The standard InChI is InChI=1S/C13H27NO2/c1-7-11(5)14-13(6,9-10(3)4)12(15)16-8-2/h10-11,14H,7-9H2,1-6H3. The highest BCUT2D eigenvalue weighted by Gasteiger charge is 2.35. The highest BCUT2D eigenvalue weighted by Crippen LogP contribution is 2.19. The molecule has 2 atom stereocenters. The largest absolute Gasteiger partial charge is 0.465 e. The van der Waals surface area contributed by atoms with Gasteiger partial charge in [0.05, 0.1) is 6.61 Å². The van der Waals surface area contributed by atoms with Gasteiger partial charge in [-0.1, -0.05) is 20.8 Å². The molecule has 0 aromatic carbocycles. The number of carbonyl (C=O) groups is 1. The molecule has 0 spiro atoms. The third kappa shape index (κ3) is 4.97. The van der Waals surface area contributed by atoms with E-state index in [1.165, 1.54) is 0 Å². The molecule has 0 saturated heterocycles. The Bertz CT molecular complexity index is 216. The van der Waals surface area contributed by atoms with E-state index in [1.807, 2.05) is 13.8 Å². The molecule has 0 aromatic rings. The van der Waals surface area contributed by atoms with E-state index in [4.69, 9.17) is 4.74 Å². The first-order chi connectivity index (χ1) is 7.35. The molecule has 0 heterocycles. The molecule has 3 heteroatoms. The van der Waals surface area contributed by atoms with Crippen molar-refractivity contribution in [2.45, 2.75) is 66.0 Å². The van der Waals surface area contributed by atoms with Crippen molar-refractivity contribution < 1.29 is 9.53 Å². The SMILES string of the molecule is CCOC(=O)C(C)(CC(C)C)NC(C)CC. The molecule has 0 aliphatic rings. The van der Waals surface area contributed by atoms with Crippen molar-refractivity contribution in [3.63, 3.8) is 0 Å². The van der Waals surface area contributed by atoms with Crippen molar-refractivity contribution in [3.05, 3.63) is 0 Å². The van der Waals surface area contributed by atoms with Crippen LogP contribution < -0.4 is 5.32 Å². The van der Waals surface area contributed by atoms with Crippen LogP contribution in [-0.4, -0.2) is 24.2 Å². The smallest absolute Gasteiger partial charge is 0.326 e. The number of nitrogens with one attached hydrogen (secondary N) is 1. The van der Waals surface area contributed by atoms with Crippen molar-refractivity contribution >= 4 is 5.97 Å². The van der Waals surface area contributed by atoms with Gasteiger partial charge in [0.1, 0.15) is 5.54 Å². The van der Waals surface area contributed by atoms with Crippen LogP contribution in [-0.2, 0) is 9.53 Å². The zero-order chi connectivity index (χ0) is 12.8. The molecule has 2 unspecified atom stereocenters. The molecule has 16 heavy (non-hydrogen) atoms. The molecular weight excluding hydrogens is 202 g/mol. The van der Waals surface area contributed by atoms with Gasteiger partial charge < -0.3 is 4.74 Å². The molecule has 3 nitrogen and oxygen atoms in total. The Balaban J connectivity index is 4.66. The maximum absolute atomic E-state index is 12.0. The minimum absolute atomic E-state index is 0.135. The summed E-state index contributed by atoms with van der Waals surface area (Å²) in [5.74, 6) is 0.329. The van der Waals surface area contributed by atoms with Crippen LogP contribution in [0.25, 0.3) is 0 Å². The van der Waals surface area contributed by atoms with Crippen molar-refractivity contribution in [3.8, 4) is 0 Å². The average Bonchev–Trinajstić information content (AvgIpc) is 2.16. The molecule has 0 aromatic heterocycles. The number of ether oxygens (including phenoxy) is 1. The molecule has 0 rings (SSSR count). The Hall–Kier alpha value is -0.570. The number of esters is 1. The Morgan fingerprint density at radius 1 is 1.31 bits per heavy atom. The maximum atomic E-state index is 12.0. The minimum atomic E-state index is -0.556. The summed E-state index contributed by atoms with van der Waals surface area (Å²) in [6, 6.07) is 0.327. The van der Waals surface area contributed by atoms with Gasteiger partial charge in [0.25, 0.3) is 0 Å². The molecule has 0 radical (unpaired) electrons. The Labute approximate surface area is 99.9 Å². The maximum Gasteiger partial charge on any atom is 0.326 e. The Kier molecular flexibility index (Phi) is 6.65. The fourth-order valence-corrected chi connectivity index (χ4v) is 1.95. The van der Waals surface area contributed by atoms with Gasteiger partial charge in [-0.2, -0.15) is 0 Å². The summed E-state index contributed by atoms with van der Waals surface area (Å²) in [4.78, 5) is 12.0. The molecule has 1 N–H and O–H groups in total. The van der Waals surface area contributed by atoms with Crippen molar-refractivity contribution in [2.75, 3.05) is 6.61 Å². The van der Waals surface area contributed by atoms with E-state index >= 15 is 0 Å². The lowest BCUT2D eigenvalue weighted by molar-refractivity contribution is -0.151. The lowest BCUT2D eigenvalue weighted by Crippen LogP contribution is -2.54. The normalized spacial score (nSPS) is 16.9. The van der Waals surface area contributed by atoms with E-state index < -0.39 is 5.54 Å². The highest BCUT2D eigenvalue weighted by atomic mass is 16.5. The van der Waals surface area contributed by atoms with Crippen molar-refractivity contribution in [2.24, 2.45) is 5.92 Å². The molecule has 0 aliphatic carbocycles. The van der Waals surface area contributed by atoms with Gasteiger partial charge in [-0.15, -0.1) is 0 Å².